The van der Waals surface area contributed by atoms with Crippen molar-refractivity contribution < 1.29 is 4.79 Å². The highest BCUT2D eigenvalue weighted by molar-refractivity contribution is 7.15. The molecule has 0 saturated heterocycles. The van der Waals surface area contributed by atoms with E-state index in [2.05, 4.69) is 10.3 Å². The van der Waals surface area contributed by atoms with E-state index in [1.807, 2.05) is 19.2 Å². The average Bonchev–Trinajstić information content (AvgIpc) is 2.84. The van der Waals surface area contributed by atoms with Crippen LogP contribution in [0.3, 0.4) is 0 Å². The standard InChI is InChI=1S/C14H19N3O2S/c1-4-6-7-11(18)16-12-9(3)15-14-17(13(12)19)10(5-2)8-20-14/h8H,4-7H2,1-3H3,(H,16,18). The van der Waals surface area contributed by atoms with Crippen LogP contribution in [-0.4, -0.2) is 15.3 Å². The van der Waals surface area contributed by atoms with Gasteiger partial charge in [-0.3, -0.25) is 14.0 Å². The Hall–Kier alpha value is -1.69. The summed E-state index contributed by atoms with van der Waals surface area (Å²) in [5.41, 5.74) is 1.61. The normalized spacial score (nSPS) is 10.9. The SMILES string of the molecule is CCCCC(=O)Nc1c(C)nc2scc(CC)n2c1=O. The van der Waals surface area contributed by atoms with E-state index < -0.39 is 0 Å². The molecular formula is C14H19N3O2S. The molecule has 2 aromatic rings. The second-order valence-electron chi connectivity index (χ2n) is 4.73. The Labute approximate surface area is 121 Å². The van der Waals surface area contributed by atoms with Crippen molar-refractivity contribution in [2.24, 2.45) is 0 Å². The van der Waals surface area contributed by atoms with Crippen LogP contribution in [0.2, 0.25) is 0 Å². The van der Waals surface area contributed by atoms with Gasteiger partial charge in [0, 0.05) is 17.5 Å². The molecule has 0 aromatic carbocycles. The second kappa shape index (κ2) is 6.17. The first-order chi connectivity index (χ1) is 9.58. The van der Waals surface area contributed by atoms with E-state index in [-0.39, 0.29) is 11.5 Å². The highest BCUT2D eigenvalue weighted by Gasteiger charge is 2.15. The number of rotatable bonds is 5. The van der Waals surface area contributed by atoms with Gasteiger partial charge in [0.15, 0.2) is 4.96 Å². The minimum Gasteiger partial charge on any atom is -0.320 e. The molecule has 0 atom stereocenters. The van der Waals surface area contributed by atoms with Crippen LogP contribution in [0.5, 0.6) is 0 Å². The van der Waals surface area contributed by atoms with Crippen molar-refractivity contribution in [3.63, 3.8) is 0 Å². The number of hydrogen-bond donors (Lipinski definition) is 1. The molecule has 0 aliphatic rings. The van der Waals surface area contributed by atoms with Crippen LogP contribution in [0.25, 0.3) is 4.96 Å². The lowest BCUT2D eigenvalue weighted by Crippen LogP contribution is -2.25. The van der Waals surface area contributed by atoms with Gasteiger partial charge >= 0.3 is 0 Å². The number of thiazole rings is 1. The lowest BCUT2D eigenvalue weighted by molar-refractivity contribution is -0.116. The number of aryl methyl sites for hydroxylation is 2. The zero-order valence-corrected chi connectivity index (χ0v) is 12.8. The van der Waals surface area contributed by atoms with Crippen molar-refractivity contribution in [3.05, 3.63) is 27.1 Å². The van der Waals surface area contributed by atoms with Gasteiger partial charge in [-0.25, -0.2) is 4.98 Å². The van der Waals surface area contributed by atoms with E-state index in [9.17, 15) is 9.59 Å². The first-order valence-corrected chi connectivity index (χ1v) is 7.76. The smallest absolute Gasteiger partial charge is 0.282 e. The van der Waals surface area contributed by atoms with Gasteiger partial charge in [-0.1, -0.05) is 20.3 Å². The third-order valence-corrected chi connectivity index (χ3v) is 4.08. The zero-order chi connectivity index (χ0) is 14.7. The molecule has 0 aliphatic carbocycles. The van der Waals surface area contributed by atoms with Crippen LogP contribution >= 0.6 is 11.3 Å². The Kier molecular flexibility index (Phi) is 4.54. The van der Waals surface area contributed by atoms with E-state index in [0.29, 0.717) is 22.8 Å². The van der Waals surface area contributed by atoms with Crippen molar-refractivity contribution in [2.75, 3.05) is 5.32 Å². The monoisotopic (exact) mass is 293 g/mol. The molecule has 0 saturated carbocycles. The van der Waals surface area contributed by atoms with Crippen molar-refractivity contribution >= 4 is 27.9 Å². The minimum atomic E-state index is -0.185. The molecule has 0 fully saturated rings. The molecule has 2 heterocycles. The Morgan fingerprint density at radius 3 is 2.85 bits per heavy atom. The van der Waals surface area contributed by atoms with Crippen molar-refractivity contribution in [3.8, 4) is 0 Å². The van der Waals surface area contributed by atoms with Crippen LogP contribution in [0.15, 0.2) is 10.2 Å². The Morgan fingerprint density at radius 2 is 2.20 bits per heavy atom. The Morgan fingerprint density at radius 1 is 1.45 bits per heavy atom. The average molecular weight is 293 g/mol. The molecule has 0 unspecified atom stereocenters. The molecule has 0 spiro atoms. The fourth-order valence-electron chi connectivity index (χ4n) is 2.03. The fourth-order valence-corrected chi connectivity index (χ4v) is 3.04. The van der Waals surface area contributed by atoms with Crippen LogP contribution < -0.4 is 10.9 Å². The van der Waals surface area contributed by atoms with Crippen LogP contribution in [0, 0.1) is 6.92 Å². The predicted octanol–water partition coefficient (Wildman–Crippen LogP) is 2.76. The first kappa shape index (κ1) is 14.7. The summed E-state index contributed by atoms with van der Waals surface area (Å²) >= 11 is 1.45. The molecule has 6 heteroatoms. The molecule has 2 aromatic heterocycles. The van der Waals surface area contributed by atoms with E-state index in [0.717, 1.165) is 25.0 Å². The van der Waals surface area contributed by atoms with Gasteiger partial charge in [-0.2, -0.15) is 0 Å². The molecular weight excluding hydrogens is 274 g/mol. The third-order valence-electron chi connectivity index (χ3n) is 3.21. The highest BCUT2D eigenvalue weighted by Crippen LogP contribution is 2.17. The number of amides is 1. The van der Waals surface area contributed by atoms with Gasteiger partial charge in [0.25, 0.3) is 5.56 Å². The number of carbonyl (C=O) groups is 1. The number of fused-ring (bicyclic) bond motifs is 1. The molecule has 0 aliphatic heterocycles. The Balaban J connectivity index is 2.42. The number of nitrogens with zero attached hydrogens (tertiary/aromatic N) is 2. The second-order valence-corrected chi connectivity index (χ2v) is 5.56. The lowest BCUT2D eigenvalue weighted by atomic mass is 10.2. The van der Waals surface area contributed by atoms with Crippen molar-refractivity contribution in [1.82, 2.24) is 9.38 Å². The van der Waals surface area contributed by atoms with Gasteiger partial charge in [0.1, 0.15) is 5.69 Å². The molecule has 20 heavy (non-hydrogen) atoms. The summed E-state index contributed by atoms with van der Waals surface area (Å²) in [7, 11) is 0. The maximum atomic E-state index is 12.5. The summed E-state index contributed by atoms with van der Waals surface area (Å²) in [6, 6.07) is 0. The maximum Gasteiger partial charge on any atom is 0.282 e. The first-order valence-electron chi connectivity index (χ1n) is 6.88. The van der Waals surface area contributed by atoms with E-state index in [1.54, 1.807) is 11.3 Å². The molecule has 0 bridgehead atoms. The van der Waals surface area contributed by atoms with Gasteiger partial charge in [0.2, 0.25) is 5.91 Å². The van der Waals surface area contributed by atoms with E-state index in [1.165, 1.54) is 11.3 Å². The van der Waals surface area contributed by atoms with Crippen LogP contribution in [-0.2, 0) is 11.2 Å². The summed E-state index contributed by atoms with van der Waals surface area (Å²) in [5.74, 6) is -0.123. The number of hydrogen-bond acceptors (Lipinski definition) is 4. The van der Waals surface area contributed by atoms with E-state index >= 15 is 0 Å². The summed E-state index contributed by atoms with van der Waals surface area (Å²) in [6.07, 6.45) is 2.96. The number of aromatic nitrogens is 2. The lowest BCUT2D eigenvalue weighted by Gasteiger charge is -2.08. The van der Waals surface area contributed by atoms with Gasteiger partial charge < -0.3 is 5.32 Å². The predicted molar refractivity (Wildman–Crippen MR) is 81.6 cm³/mol. The third kappa shape index (κ3) is 2.75. The van der Waals surface area contributed by atoms with Crippen molar-refractivity contribution in [2.45, 2.75) is 46.5 Å². The number of nitrogens with one attached hydrogen (secondary N) is 1. The van der Waals surface area contributed by atoms with Gasteiger partial charge in [-0.05, 0) is 19.8 Å². The summed E-state index contributed by atoms with van der Waals surface area (Å²) < 4.78 is 1.59. The number of carbonyl (C=O) groups excluding carboxylic acids is 1. The number of anilines is 1. The largest absolute Gasteiger partial charge is 0.320 e. The molecule has 1 amide bonds. The fraction of sp³-hybridized carbons (Fsp3) is 0.500. The molecule has 2 rings (SSSR count). The summed E-state index contributed by atoms with van der Waals surface area (Å²) in [4.78, 5) is 29.4. The van der Waals surface area contributed by atoms with Gasteiger partial charge in [0.05, 0.1) is 5.69 Å². The van der Waals surface area contributed by atoms with Crippen LogP contribution in [0.1, 0.15) is 44.5 Å². The molecule has 5 nitrogen and oxygen atoms in total. The maximum absolute atomic E-state index is 12.5. The Bertz CT molecular complexity index is 688. The molecule has 0 radical (unpaired) electrons. The minimum absolute atomic E-state index is 0.123. The van der Waals surface area contributed by atoms with E-state index in [4.69, 9.17) is 0 Å². The summed E-state index contributed by atoms with van der Waals surface area (Å²) in [5, 5.41) is 4.65. The zero-order valence-electron chi connectivity index (χ0n) is 12.0. The van der Waals surface area contributed by atoms with Crippen LogP contribution in [0.4, 0.5) is 5.69 Å². The quantitative estimate of drug-likeness (QED) is 0.922. The topological polar surface area (TPSA) is 63.5 Å². The number of unbranched alkanes of at least 4 members (excludes halogenated alkanes) is 1. The molecule has 108 valence electrons. The van der Waals surface area contributed by atoms with Crippen molar-refractivity contribution in [1.29, 1.82) is 0 Å². The molecule has 1 N–H and O–H groups in total. The highest BCUT2D eigenvalue weighted by atomic mass is 32.1. The summed E-state index contributed by atoms with van der Waals surface area (Å²) in [6.45, 7) is 5.77. The van der Waals surface area contributed by atoms with Gasteiger partial charge in [-0.15, -0.1) is 11.3 Å².